The van der Waals surface area contributed by atoms with Crippen LogP contribution in [0.25, 0.3) is 0 Å². The smallest absolute Gasteiger partial charge is 0.334 e. The summed E-state index contributed by atoms with van der Waals surface area (Å²) in [6.45, 7) is 11.0. The second-order valence-corrected chi connectivity index (χ2v) is 8.26. The summed E-state index contributed by atoms with van der Waals surface area (Å²) in [7, 11) is 0. The molecule has 0 aliphatic heterocycles. The first kappa shape index (κ1) is 30.9. The zero-order chi connectivity index (χ0) is 27.1. The van der Waals surface area contributed by atoms with Crippen LogP contribution < -0.4 is 0 Å². The van der Waals surface area contributed by atoms with E-state index in [0.717, 1.165) is 25.7 Å². The number of unbranched alkanes of at least 4 members (excludes halogenated alkanes) is 2. The number of hydrogen-bond donors (Lipinski definition) is 0. The summed E-state index contributed by atoms with van der Waals surface area (Å²) in [5.74, 6) is -0.986. The van der Waals surface area contributed by atoms with Crippen molar-refractivity contribution in [3.8, 4) is 0 Å². The lowest BCUT2D eigenvalue weighted by molar-refractivity contribution is -0.158. The first-order chi connectivity index (χ1) is 17.2. The third-order valence-electron chi connectivity index (χ3n) is 5.62. The van der Waals surface area contributed by atoms with E-state index in [1.807, 2.05) is 13.8 Å². The van der Waals surface area contributed by atoms with E-state index >= 15 is 0 Å². The van der Waals surface area contributed by atoms with E-state index in [0.29, 0.717) is 35.5 Å². The molecular weight excluding hydrogens is 468 g/mol. The molecule has 10 nitrogen and oxygen atoms in total. The number of rotatable bonds is 16. The Balaban J connectivity index is 3.28. The molecule has 0 radical (unpaired) electrons. The Morgan fingerprint density at radius 1 is 0.750 bits per heavy atom. The molecule has 0 fully saturated rings. The highest BCUT2D eigenvalue weighted by Crippen LogP contribution is 2.40. The number of aliphatic imine (C=N–C) groups is 2. The zero-order valence-corrected chi connectivity index (χ0v) is 22.0. The molecule has 1 aromatic carbocycles. The summed E-state index contributed by atoms with van der Waals surface area (Å²) in [5, 5.41) is 0. The quantitative estimate of drug-likeness (QED) is 0.137. The van der Waals surface area contributed by atoms with Gasteiger partial charge in [-0.05, 0) is 62.8 Å². The van der Waals surface area contributed by atoms with Gasteiger partial charge < -0.3 is 18.9 Å². The topological polar surface area (TPSA) is 130 Å². The maximum atomic E-state index is 12.2. The molecule has 0 heterocycles. The van der Waals surface area contributed by atoms with Crippen molar-refractivity contribution in [2.24, 2.45) is 9.98 Å². The van der Waals surface area contributed by atoms with Crippen LogP contribution in [-0.2, 0) is 51.3 Å². The van der Waals surface area contributed by atoms with Crippen LogP contribution >= 0.6 is 0 Å². The molecule has 2 atom stereocenters. The summed E-state index contributed by atoms with van der Waals surface area (Å²) in [6, 6.07) is 0. The van der Waals surface area contributed by atoms with Gasteiger partial charge >= 0.3 is 11.9 Å². The minimum Gasteiger partial charge on any atom is -0.464 e. The van der Waals surface area contributed by atoms with E-state index in [9.17, 15) is 19.2 Å². The average molecular weight is 505 g/mol. The van der Waals surface area contributed by atoms with E-state index in [1.54, 1.807) is 27.7 Å². The SMILES string of the molecule is CCCCOC(=O)[C@H](C)OCc1c(C)c(N=C=O)c(N=C=O)c(C)c1CO[C@@H](C)C(=O)OCCCC. The fourth-order valence-corrected chi connectivity index (χ4v) is 3.27. The molecule has 10 heteroatoms. The maximum Gasteiger partial charge on any atom is 0.334 e. The number of carbonyl (C=O) groups excluding carboxylic acids is 4. The molecule has 0 aliphatic rings. The Kier molecular flexibility index (Phi) is 14.1. The summed E-state index contributed by atoms with van der Waals surface area (Å²) in [5.41, 5.74) is 2.40. The van der Waals surface area contributed by atoms with Crippen molar-refractivity contribution in [3.05, 3.63) is 22.3 Å². The van der Waals surface area contributed by atoms with Gasteiger partial charge in [0.2, 0.25) is 12.2 Å². The minimum atomic E-state index is -0.853. The Morgan fingerprint density at radius 3 is 1.42 bits per heavy atom. The van der Waals surface area contributed by atoms with Crippen LogP contribution in [0.4, 0.5) is 11.4 Å². The molecule has 0 unspecified atom stereocenters. The van der Waals surface area contributed by atoms with Crippen LogP contribution in [0.3, 0.4) is 0 Å². The summed E-state index contributed by atoms with van der Waals surface area (Å²) < 4.78 is 22.0. The first-order valence-electron chi connectivity index (χ1n) is 12.1. The highest BCUT2D eigenvalue weighted by Gasteiger charge is 2.24. The monoisotopic (exact) mass is 504 g/mol. The summed E-state index contributed by atoms with van der Waals surface area (Å²) in [4.78, 5) is 54.0. The van der Waals surface area contributed by atoms with Crippen LogP contribution in [-0.4, -0.2) is 49.5 Å². The lowest BCUT2D eigenvalue weighted by Gasteiger charge is -2.22. The molecule has 1 aromatic rings. The van der Waals surface area contributed by atoms with E-state index < -0.39 is 24.1 Å². The van der Waals surface area contributed by atoms with E-state index in [-0.39, 0.29) is 24.6 Å². The normalized spacial score (nSPS) is 12.2. The van der Waals surface area contributed by atoms with Gasteiger partial charge in [-0.25, -0.2) is 19.2 Å². The van der Waals surface area contributed by atoms with E-state index in [4.69, 9.17) is 18.9 Å². The van der Waals surface area contributed by atoms with Crippen molar-refractivity contribution >= 4 is 35.5 Å². The molecular formula is C26H36N2O8. The molecule has 0 bridgehead atoms. The average Bonchev–Trinajstić information content (AvgIpc) is 2.86. The fourth-order valence-electron chi connectivity index (χ4n) is 3.27. The van der Waals surface area contributed by atoms with Gasteiger partial charge in [0, 0.05) is 0 Å². The second-order valence-electron chi connectivity index (χ2n) is 8.26. The number of nitrogens with zero attached hydrogens (tertiary/aromatic N) is 2. The summed E-state index contributed by atoms with van der Waals surface area (Å²) >= 11 is 0. The van der Waals surface area contributed by atoms with Crippen LogP contribution in [0.2, 0.25) is 0 Å². The second kappa shape index (κ2) is 16.5. The largest absolute Gasteiger partial charge is 0.464 e. The summed E-state index contributed by atoms with van der Waals surface area (Å²) in [6.07, 6.45) is 4.54. The van der Waals surface area contributed by atoms with Crippen LogP contribution in [0.1, 0.15) is 75.6 Å². The highest BCUT2D eigenvalue weighted by molar-refractivity contribution is 5.78. The number of benzene rings is 1. The molecule has 0 N–H and O–H groups in total. The molecule has 0 saturated heterocycles. The third-order valence-corrected chi connectivity index (χ3v) is 5.62. The highest BCUT2D eigenvalue weighted by atomic mass is 16.6. The molecule has 36 heavy (non-hydrogen) atoms. The van der Waals surface area contributed by atoms with Gasteiger partial charge in [0.15, 0.2) is 12.2 Å². The lowest BCUT2D eigenvalue weighted by Crippen LogP contribution is -2.25. The Hall–Kier alpha value is -3.16. The Morgan fingerprint density at radius 2 is 1.11 bits per heavy atom. The maximum absolute atomic E-state index is 12.2. The van der Waals surface area contributed by atoms with E-state index in [2.05, 4.69) is 9.98 Å². The van der Waals surface area contributed by atoms with Crippen molar-refractivity contribution in [3.63, 3.8) is 0 Å². The zero-order valence-electron chi connectivity index (χ0n) is 22.0. The van der Waals surface area contributed by atoms with Crippen molar-refractivity contribution in [2.45, 2.75) is 92.6 Å². The minimum absolute atomic E-state index is 0.0444. The number of isocyanates is 2. The Labute approximate surface area is 212 Å². The molecule has 1 rings (SSSR count). The predicted octanol–water partition coefficient (Wildman–Crippen LogP) is 4.73. The standard InChI is InChI=1S/C26H36N2O8/c1-7-9-11-33-25(31)19(5)35-13-21-17(3)23(27-15-29)24(28-16-30)18(4)22(21)14-36-20(6)26(32)34-12-10-8-2/h19-20H,7-14H2,1-6H3/t19-,20-/m0/s1. The van der Waals surface area contributed by atoms with Crippen LogP contribution in [0.15, 0.2) is 9.98 Å². The van der Waals surface area contributed by atoms with Gasteiger partial charge in [-0.1, -0.05) is 26.7 Å². The first-order valence-corrected chi connectivity index (χ1v) is 12.1. The van der Waals surface area contributed by atoms with Gasteiger partial charge in [-0.2, -0.15) is 9.98 Å². The van der Waals surface area contributed by atoms with Crippen molar-refractivity contribution in [2.75, 3.05) is 13.2 Å². The molecule has 0 saturated carbocycles. The van der Waals surface area contributed by atoms with Gasteiger partial charge in [0.25, 0.3) is 0 Å². The van der Waals surface area contributed by atoms with Gasteiger partial charge in [0.05, 0.1) is 26.4 Å². The molecule has 198 valence electrons. The lowest BCUT2D eigenvalue weighted by atomic mass is 9.94. The van der Waals surface area contributed by atoms with Gasteiger partial charge in [0.1, 0.15) is 11.4 Å². The van der Waals surface area contributed by atoms with Crippen LogP contribution in [0, 0.1) is 13.8 Å². The number of hydrogen-bond acceptors (Lipinski definition) is 10. The number of carbonyl (C=O) groups is 2. The van der Waals surface area contributed by atoms with Crippen molar-refractivity contribution in [1.29, 1.82) is 0 Å². The fraction of sp³-hybridized carbons (Fsp3) is 0.615. The van der Waals surface area contributed by atoms with Crippen molar-refractivity contribution < 1.29 is 38.1 Å². The van der Waals surface area contributed by atoms with Crippen molar-refractivity contribution in [1.82, 2.24) is 0 Å². The van der Waals surface area contributed by atoms with Gasteiger partial charge in [-0.3, -0.25) is 0 Å². The number of ether oxygens (including phenoxy) is 4. The third kappa shape index (κ3) is 9.13. The van der Waals surface area contributed by atoms with Crippen LogP contribution in [0.5, 0.6) is 0 Å². The van der Waals surface area contributed by atoms with Gasteiger partial charge in [-0.15, -0.1) is 0 Å². The molecule has 0 aromatic heterocycles. The molecule has 0 spiro atoms. The van der Waals surface area contributed by atoms with E-state index in [1.165, 1.54) is 12.2 Å². The molecule has 0 amide bonds. The number of esters is 2. The predicted molar refractivity (Wildman–Crippen MR) is 132 cm³/mol. The Bertz CT molecular complexity index is 915. The molecule has 0 aliphatic carbocycles.